The van der Waals surface area contributed by atoms with E-state index in [9.17, 15) is 4.79 Å². The first-order valence-corrected chi connectivity index (χ1v) is 14.5. The highest BCUT2D eigenvalue weighted by atomic mass is 32.1. The maximum atomic E-state index is 12.9. The summed E-state index contributed by atoms with van der Waals surface area (Å²) >= 11 is 1.88. The number of piperazine rings is 1. The molecule has 1 aromatic heterocycles. The van der Waals surface area contributed by atoms with Crippen LogP contribution in [0, 0.1) is 0 Å². The minimum absolute atomic E-state index is 0.0854. The molecule has 3 heterocycles. The summed E-state index contributed by atoms with van der Waals surface area (Å²) in [5.41, 5.74) is 1.29. The average Bonchev–Trinajstić information content (AvgIpc) is 3.32. The van der Waals surface area contributed by atoms with E-state index in [1.165, 1.54) is 33.4 Å². The Labute approximate surface area is 225 Å². The number of hydrogen-bond donors (Lipinski definition) is 0. The standard InChI is InChI=1S/C30H40N4O2S/c1-31(23-27-21-25-7-3-4-9-29(25)37-27)22-24-10-12-26(13-11-24)36-20-19-33-15-17-34(18-16-33)30(35)28-8-5-6-14-32(28)2/h3-4,7,9-13,21,28H,5-6,8,14-20,22-23H2,1-2H3. The summed E-state index contributed by atoms with van der Waals surface area (Å²) in [7, 11) is 4.27. The third-order valence-electron chi connectivity index (χ3n) is 7.69. The van der Waals surface area contributed by atoms with Gasteiger partial charge in [0.15, 0.2) is 0 Å². The monoisotopic (exact) mass is 520 g/mol. The van der Waals surface area contributed by atoms with Gasteiger partial charge in [-0.1, -0.05) is 36.8 Å². The van der Waals surface area contributed by atoms with Crippen molar-refractivity contribution in [2.75, 3.05) is 60.0 Å². The lowest BCUT2D eigenvalue weighted by atomic mass is 10.0. The molecule has 0 saturated carbocycles. The van der Waals surface area contributed by atoms with Gasteiger partial charge in [0, 0.05) is 55.4 Å². The van der Waals surface area contributed by atoms with Crippen molar-refractivity contribution in [1.82, 2.24) is 19.6 Å². The minimum atomic E-state index is 0.0854. The Balaban J connectivity index is 1.01. The first-order chi connectivity index (χ1) is 18.0. The summed E-state index contributed by atoms with van der Waals surface area (Å²) in [6.45, 7) is 7.97. The molecule has 1 unspecified atom stereocenters. The fourth-order valence-corrected chi connectivity index (χ4v) is 6.67. The number of carbonyl (C=O) groups is 1. The molecule has 3 aromatic rings. The molecule has 2 aromatic carbocycles. The van der Waals surface area contributed by atoms with E-state index in [2.05, 4.69) is 88.3 Å². The number of amides is 1. The molecule has 37 heavy (non-hydrogen) atoms. The van der Waals surface area contributed by atoms with Gasteiger partial charge in [-0.25, -0.2) is 0 Å². The van der Waals surface area contributed by atoms with Crippen molar-refractivity contribution in [3.63, 3.8) is 0 Å². The van der Waals surface area contributed by atoms with E-state index in [0.717, 1.165) is 64.5 Å². The van der Waals surface area contributed by atoms with Crippen LogP contribution in [0.1, 0.15) is 29.7 Å². The van der Waals surface area contributed by atoms with E-state index in [0.29, 0.717) is 12.5 Å². The largest absolute Gasteiger partial charge is 0.492 e. The third-order valence-corrected chi connectivity index (χ3v) is 8.79. The molecule has 2 fully saturated rings. The van der Waals surface area contributed by atoms with Crippen molar-refractivity contribution in [3.8, 4) is 5.75 Å². The molecule has 0 radical (unpaired) electrons. The zero-order valence-corrected chi connectivity index (χ0v) is 23.1. The number of nitrogens with zero attached hydrogens (tertiary/aromatic N) is 4. The first kappa shape index (κ1) is 26.2. The second-order valence-electron chi connectivity index (χ2n) is 10.6. The van der Waals surface area contributed by atoms with Gasteiger partial charge >= 0.3 is 0 Å². The molecule has 198 valence electrons. The Kier molecular flexibility index (Phi) is 8.77. The normalized spacial score (nSPS) is 19.5. The van der Waals surface area contributed by atoms with Gasteiger partial charge in [-0.05, 0) is 68.7 Å². The van der Waals surface area contributed by atoms with Crippen LogP contribution in [0.15, 0.2) is 54.6 Å². The van der Waals surface area contributed by atoms with E-state index in [-0.39, 0.29) is 6.04 Å². The fourth-order valence-electron chi connectivity index (χ4n) is 5.52. The smallest absolute Gasteiger partial charge is 0.240 e. The van der Waals surface area contributed by atoms with Crippen molar-refractivity contribution >= 4 is 27.3 Å². The van der Waals surface area contributed by atoms with Crippen molar-refractivity contribution in [3.05, 3.63) is 65.0 Å². The lowest BCUT2D eigenvalue weighted by molar-refractivity contribution is -0.139. The van der Waals surface area contributed by atoms with Gasteiger partial charge in [-0.15, -0.1) is 11.3 Å². The predicted molar refractivity (Wildman–Crippen MR) is 152 cm³/mol. The number of thiophene rings is 1. The summed E-state index contributed by atoms with van der Waals surface area (Å²) in [6, 6.07) is 19.5. The molecule has 2 saturated heterocycles. The minimum Gasteiger partial charge on any atom is -0.492 e. The molecule has 0 aliphatic carbocycles. The molecule has 0 N–H and O–H groups in total. The van der Waals surface area contributed by atoms with Crippen molar-refractivity contribution in [2.45, 2.75) is 38.4 Å². The summed E-state index contributed by atoms with van der Waals surface area (Å²) in [6.07, 6.45) is 3.38. The van der Waals surface area contributed by atoms with Crippen LogP contribution in [-0.4, -0.2) is 91.5 Å². The summed E-state index contributed by atoms with van der Waals surface area (Å²) < 4.78 is 7.40. The lowest BCUT2D eigenvalue weighted by Crippen LogP contribution is -2.55. The van der Waals surface area contributed by atoms with Crippen molar-refractivity contribution in [1.29, 1.82) is 0 Å². The number of likely N-dealkylation sites (tertiary alicyclic amines) is 1. The third kappa shape index (κ3) is 6.90. The van der Waals surface area contributed by atoms with E-state index in [4.69, 9.17) is 4.74 Å². The topological polar surface area (TPSA) is 39.3 Å². The maximum absolute atomic E-state index is 12.9. The van der Waals surface area contributed by atoms with Crippen LogP contribution in [0.25, 0.3) is 10.1 Å². The Bertz CT molecular complexity index is 1120. The molecular formula is C30H40N4O2S. The van der Waals surface area contributed by atoms with E-state index in [1.54, 1.807) is 0 Å². The zero-order chi connectivity index (χ0) is 25.6. The maximum Gasteiger partial charge on any atom is 0.240 e. The van der Waals surface area contributed by atoms with Crippen LogP contribution in [0.2, 0.25) is 0 Å². The van der Waals surface area contributed by atoms with Gasteiger partial charge in [0.1, 0.15) is 12.4 Å². The van der Waals surface area contributed by atoms with Crippen LogP contribution in [0.4, 0.5) is 0 Å². The molecule has 0 spiro atoms. The highest BCUT2D eigenvalue weighted by molar-refractivity contribution is 7.19. The molecule has 1 amide bonds. The van der Waals surface area contributed by atoms with Gasteiger partial charge in [0.2, 0.25) is 5.91 Å². The SMILES string of the molecule is CN(Cc1ccc(OCCN2CCN(C(=O)C3CCCCN3C)CC2)cc1)Cc1cc2ccccc2s1. The van der Waals surface area contributed by atoms with Crippen LogP contribution < -0.4 is 4.74 Å². The molecule has 2 aliphatic rings. The Morgan fingerprint density at radius 1 is 1.00 bits per heavy atom. The van der Waals surface area contributed by atoms with Crippen LogP contribution in [-0.2, 0) is 17.9 Å². The number of piperidine rings is 1. The van der Waals surface area contributed by atoms with Crippen LogP contribution in [0.5, 0.6) is 5.75 Å². The Hall–Kier alpha value is -2.45. The van der Waals surface area contributed by atoms with Crippen LogP contribution >= 0.6 is 11.3 Å². The van der Waals surface area contributed by atoms with E-state index >= 15 is 0 Å². The molecule has 0 bridgehead atoms. The fraction of sp³-hybridized carbons (Fsp3) is 0.500. The Morgan fingerprint density at radius 3 is 2.54 bits per heavy atom. The molecule has 1 atom stereocenters. The van der Waals surface area contributed by atoms with Gasteiger partial charge < -0.3 is 9.64 Å². The molecule has 5 rings (SSSR count). The summed E-state index contributed by atoms with van der Waals surface area (Å²) in [5.74, 6) is 1.25. The van der Waals surface area contributed by atoms with Gasteiger partial charge in [0.05, 0.1) is 6.04 Å². The van der Waals surface area contributed by atoms with Gasteiger partial charge in [-0.3, -0.25) is 19.5 Å². The van der Waals surface area contributed by atoms with E-state index in [1.807, 2.05) is 11.3 Å². The number of rotatable bonds is 9. The quantitative estimate of drug-likeness (QED) is 0.414. The molecular weight excluding hydrogens is 480 g/mol. The number of hydrogen-bond acceptors (Lipinski definition) is 6. The van der Waals surface area contributed by atoms with Crippen molar-refractivity contribution < 1.29 is 9.53 Å². The number of carbonyl (C=O) groups excluding carboxylic acids is 1. The molecule has 7 heteroatoms. The summed E-state index contributed by atoms with van der Waals surface area (Å²) in [5, 5.41) is 1.33. The van der Waals surface area contributed by atoms with Crippen molar-refractivity contribution in [2.24, 2.45) is 0 Å². The predicted octanol–water partition coefficient (Wildman–Crippen LogP) is 4.54. The number of benzene rings is 2. The number of fused-ring (bicyclic) bond motifs is 1. The van der Waals surface area contributed by atoms with Gasteiger partial charge in [0.25, 0.3) is 0 Å². The molecule has 2 aliphatic heterocycles. The molecule has 6 nitrogen and oxygen atoms in total. The second-order valence-corrected chi connectivity index (χ2v) is 11.7. The first-order valence-electron chi connectivity index (χ1n) is 13.6. The van der Waals surface area contributed by atoms with Gasteiger partial charge in [-0.2, -0.15) is 0 Å². The Morgan fingerprint density at radius 2 is 1.78 bits per heavy atom. The summed E-state index contributed by atoms with van der Waals surface area (Å²) in [4.78, 5) is 23.4. The average molecular weight is 521 g/mol. The van der Waals surface area contributed by atoms with Crippen LogP contribution in [0.3, 0.4) is 0 Å². The number of ether oxygens (including phenoxy) is 1. The van der Waals surface area contributed by atoms with E-state index < -0.39 is 0 Å². The lowest BCUT2D eigenvalue weighted by Gasteiger charge is -2.39. The highest BCUT2D eigenvalue weighted by Gasteiger charge is 2.31. The number of likely N-dealkylation sites (N-methyl/N-ethyl adjacent to an activating group) is 1. The highest BCUT2D eigenvalue weighted by Crippen LogP contribution is 2.26. The second kappa shape index (κ2) is 12.4. The zero-order valence-electron chi connectivity index (χ0n) is 22.3.